The monoisotopic (exact) mass is 319 g/mol. The number of amides is 1. The molecule has 5 nitrogen and oxygen atoms in total. The van der Waals surface area contributed by atoms with Gasteiger partial charge in [0, 0.05) is 25.0 Å². The highest BCUT2D eigenvalue weighted by Gasteiger charge is 2.36. The Kier molecular flexibility index (Phi) is 4.32. The number of rotatable bonds is 3. The fourth-order valence-corrected chi connectivity index (χ4v) is 3.62. The van der Waals surface area contributed by atoms with E-state index in [4.69, 9.17) is 9.15 Å². The van der Waals surface area contributed by atoms with E-state index >= 15 is 0 Å². The first-order valence-electron chi connectivity index (χ1n) is 8.37. The molecule has 23 heavy (non-hydrogen) atoms. The Morgan fingerprint density at radius 3 is 2.83 bits per heavy atom. The molecule has 0 bridgehead atoms. The summed E-state index contributed by atoms with van der Waals surface area (Å²) in [6.45, 7) is 7.32. The number of aryl methyl sites for hydroxylation is 1. The molecular formula is C18H25NO4. The van der Waals surface area contributed by atoms with Gasteiger partial charge in [-0.15, -0.1) is 0 Å². The Labute approximate surface area is 136 Å². The van der Waals surface area contributed by atoms with Crippen molar-refractivity contribution >= 4 is 11.7 Å². The van der Waals surface area contributed by atoms with Crippen molar-refractivity contribution in [3.8, 4) is 0 Å². The third-order valence-electron chi connectivity index (χ3n) is 4.70. The van der Waals surface area contributed by atoms with E-state index in [1.165, 1.54) is 0 Å². The molecule has 1 aliphatic heterocycles. The minimum absolute atomic E-state index is 0.0650. The van der Waals surface area contributed by atoms with Gasteiger partial charge in [0.25, 0.3) is 0 Å². The highest BCUT2D eigenvalue weighted by molar-refractivity contribution is 6.01. The maximum atomic E-state index is 12.5. The van der Waals surface area contributed by atoms with Crippen molar-refractivity contribution in [3.63, 3.8) is 0 Å². The minimum atomic E-state index is -0.0760. The highest BCUT2D eigenvalue weighted by Crippen LogP contribution is 2.38. The van der Waals surface area contributed by atoms with E-state index in [-0.39, 0.29) is 29.6 Å². The first-order valence-corrected chi connectivity index (χ1v) is 8.37. The minimum Gasteiger partial charge on any atom is -0.465 e. The number of furan rings is 1. The normalized spacial score (nSPS) is 23.4. The van der Waals surface area contributed by atoms with Crippen LogP contribution in [0.25, 0.3) is 0 Å². The van der Waals surface area contributed by atoms with Crippen LogP contribution in [-0.2, 0) is 22.4 Å². The molecule has 1 amide bonds. The first-order chi connectivity index (χ1) is 10.9. The van der Waals surface area contributed by atoms with Crippen LogP contribution in [0, 0.1) is 12.3 Å². The van der Waals surface area contributed by atoms with Crippen LogP contribution in [0.4, 0.5) is 0 Å². The van der Waals surface area contributed by atoms with Crippen LogP contribution in [0.3, 0.4) is 0 Å². The summed E-state index contributed by atoms with van der Waals surface area (Å²) in [5.74, 6) is 1.46. The maximum Gasteiger partial charge on any atom is 0.224 e. The Hall–Kier alpha value is -1.62. The Morgan fingerprint density at radius 1 is 1.35 bits per heavy atom. The summed E-state index contributed by atoms with van der Waals surface area (Å²) in [6.07, 6.45) is 3.37. The standard InChI is InChI=1S/C18H25NO4/c1-11-13(7-16(21)19-12-5-4-6-22-10-12)17-14(20)8-18(2,3)9-15(17)23-11/h12H,4-10H2,1-3H3,(H,19,21). The molecule has 1 fully saturated rings. The second-order valence-electron chi connectivity index (χ2n) is 7.53. The SMILES string of the molecule is Cc1oc2c(c1CC(=O)NC1CCCOC1)C(=O)CC(C)(C)C2. The lowest BCUT2D eigenvalue weighted by Crippen LogP contribution is -2.41. The summed E-state index contributed by atoms with van der Waals surface area (Å²) in [5, 5.41) is 3.01. The Morgan fingerprint density at radius 2 is 2.13 bits per heavy atom. The first kappa shape index (κ1) is 16.2. The van der Waals surface area contributed by atoms with E-state index in [1.807, 2.05) is 6.92 Å². The number of carbonyl (C=O) groups is 2. The Balaban J connectivity index is 1.75. The number of Topliss-reactive ketones (excluding diaryl/α,β-unsaturated/α-hetero) is 1. The van der Waals surface area contributed by atoms with Crippen molar-refractivity contribution in [2.45, 2.75) is 58.9 Å². The average Bonchev–Trinajstić information content (AvgIpc) is 2.74. The van der Waals surface area contributed by atoms with Gasteiger partial charge in [0.05, 0.1) is 24.6 Å². The zero-order chi connectivity index (χ0) is 16.6. The molecule has 3 rings (SSSR count). The van der Waals surface area contributed by atoms with Gasteiger partial charge in [-0.3, -0.25) is 9.59 Å². The zero-order valence-corrected chi connectivity index (χ0v) is 14.2. The summed E-state index contributed by atoms with van der Waals surface area (Å²) < 4.78 is 11.2. The molecule has 5 heteroatoms. The Bertz CT molecular complexity index is 623. The fourth-order valence-electron chi connectivity index (χ4n) is 3.62. The van der Waals surface area contributed by atoms with Gasteiger partial charge in [0.15, 0.2) is 5.78 Å². The quantitative estimate of drug-likeness (QED) is 0.930. The molecular weight excluding hydrogens is 294 g/mol. The zero-order valence-electron chi connectivity index (χ0n) is 14.2. The highest BCUT2D eigenvalue weighted by atomic mass is 16.5. The van der Waals surface area contributed by atoms with Crippen molar-refractivity contribution in [1.29, 1.82) is 0 Å². The van der Waals surface area contributed by atoms with Gasteiger partial charge >= 0.3 is 0 Å². The van der Waals surface area contributed by atoms with Crippen LogP contribution in [0.2, 0.25) is 0 Å². The van der Waals surface area contributed by atoms with Crippen molar-refractivity contribution in [2.75, 3.05) is 13.2 Å². The molecule has 1 saturated heterocycles. The lowest BCUT2D eigenvalue weighted by atomic mass is 9.75. The predicted molar refractivity (Wildman–Crippen MR) is 85.6 cm³/mol. The van der Waals surface area contributed by atoms with E-state index in [0.29, 0.717) is 24.4 Å². The van der Waals surface area contributed by atoms with Crippen molar-refractivity contribution in [3.05, 3.63) is 22.6 Å². The molecule has 0 aromatic carbocycles. The van der Waals surface area contributed by atoms with Crippen LogP contribution >= 0.6 is 0 Å². The number of carbonyl (C=O) groups excluding carboxylic acids is 2. The number of nitrogens with one attached hydrogen (secondary N) is 1. The lowest BCUT2D eigenvalue weighted by molar-refractivity contribution is -0.122. The van der Waals surface area contributed by atoms with Crippen molar-refractivity contribution in [2.24, 2.45) is 5.41 Å². The van der Waals surface area contributed by atoms with Crippen molar-refractivity contribution in [1.82, 2.24) is 5.32 Å². The molecule has 0 saturated carbocycles. The molecule has 0 radical (unpaired) electrons. The van der Waals surface area contributed by atoms with E-state index in [1.54, 1.807) is 0 Å². The topological polar surface area (TPSA) is 68.5 Å². The van der Waals surface area contributed by atoms with Gasteiger partial charge < -0.3 is 14.5 Å². The summed E-state index contributed by atoms with van der Waals surface area (Å²) in [4.78, 5) is 24.8. The van der Waals surface area contributed by atoms with E-state index in [9.17, 15) is 9.59 Å². The molecule has 1 aliphatic carbocycles. The predicted octanol–water partition coefficient (Wildman–Crippen LogP) is 2.58. The molecule has 2 aliphatic rings. The summed E-state index contributed by atoms with van der Waals surface area (Å²) >= 11 is 0. The third-order valence-corrected chi connectivity index (χ3v) is 4.70. The van der Waals surface area contributed by atoms with Gasteiger partial charge in [0.1, 0.15) is 11.5 Å². The van der Waals surface area contributed by atoms with Crippen LogP contribution in [0.1, 0.15) is 60.6 Å². The molecule has 1 atom stereocenters. The summed E-state index contributed by atoms with van der Waals surface area (Å²) in [7, 11) is 0. The number of hydrogen-bond donors (Lipinski definition) is 1. The number of fused-ring (bicyclic) bond motifs is 1. The van der Waals surface area contributed by atoms with E-state index in [2.05, 4.69) is 19.2 Å². The number of ether oxygens (including phenoxy) is 1. The molecule has 1 aromatic rings. The number of ketones is 1. The van der Waals surface area contributed by atoms with Gasteiger partial charge in [-0.1, -0.05) is 13.8 Å². The molecule has 1 aromatic heterocycles. The summed E-state index contributed by atoms with van der Waals surface area (Å²) in [5.41, 5.74) is 1.33. The second-order valence-corrected chi connectivity index (χ2v) is 7.53. The number of hydrogen-bond acceptors (Lipinski definition) is 4. The average molecular weight is 319 g/mol. The van der Waals surface area contributed by atoms with Gasteiger partial charge in [-0.05, 0) is 25.2 Å². The molecule has 2 heterocycles. The largest absolute Gasteiger partial charge is 0.465 e. The van der Waals surface area contributed by atoms with Gasteiger partial charge in [-0.2, -0.15) is 0 Å². The van der Waals surface area contributed by atoms with Gasteiger partial charge in [-0.25, -0.2) is 0 Å². The maximum absolute atomic E-state index is 12.5. The molecule has 0 spiro atoms. The smallest absolute Gasteiger partial charge is 0.224 e. The second kappa shape index (κ2) is 6.11. The third kappa shape index (κ3) is 3.50. The molecule has 126 valence electrons. The van der Waals surface area contributed by atoms with E-state index < -0.39 is 0 Å². The fraction of sp³-hybridized carbons (Fsp3) is 0.667. The van der Waals surface area contributed by atoms with Crippen LogP contribution in [-0.4, -0.2) is 30.9 Å². The van der Waals surface area contributed by atoms with E-state index in [0.717, 1.165) is 37.2 Å². The summed E-state index contributed by atoms with van der Waals surface area (Å²) in [6, 6.07) is 0.0777. The molecule has 1 unspecified atom stereocenters. The van der Waals surface area contributed by atoms with Crippen LogP contribution in [0.15, 0.2) is 4.42 Å². The van der Waals surface area contributed by atoms with Gasteiger partial charge in [0.2, 0.25) is 5.91 Å². The van der Waals surface area contributed by atoms with Crippen molar-refractivity contribution < 1.29 is 18.7 Å². The van der Waals surface area contributed by atoms with Crippen LogP contribution in [0.5, 0.6) is 0 Å². The van der Waals surface area contributed by atoms with Crippen LogP contribution < -0.4 is 5.32 Å². The molecule has 1 N–H and O–H groups in total. The lowest BCUT2D eigenvalue weighted by Gasteiger charge is -2.27.